The Kier molecular flexibility index (Phi) is 3.07. The van der Waals surface area contributed by atoms with Gasteiger partial charge in [-0.05, 0) is 24.5 Å². The standard InChI is InChI=1S/C11H16N2/c1-5-11-10(9(3)4)7-8-12-13(11)6-2/h5-9H,2H2,1,3-4H3/b11-5-. The summed E-state index contributed by atoms with van der Waals surface area (Å²) < 4.78 is 0. The maximum atomic E-state index is 4.18. The van der Waals surface area contributed by atoms with E-state index in [1.807, 2.05) is 13.1 Å². The first-order valence-corrected chi connectivity index (χ1v) is 4.53. The lowest BCUT2D eigenvalue weighted by molar-refractivity contribution is 0.489. The van der Waals surface area contributed by atoms with Gasteiger partial charge in [-0.1, -0.05) is 26.5 Å². The summed E-state index contributed by atoms with van der Waals surface area (Å²) in [6, 6.07) is 0. The third-order valence-corrected chi connectivity index (χ3v) is 2.06. The first-order chi connectivity index (χ1) is 6.20. The Morgan fingerprint density at radius 2 is 2.23 bits per heavy atom. The predicted octanol–water partition coefficient (Wildman–Crippen LogP) is 2.92. The Morgan fingerprint density at radius 1 is 1.54 bits per heavy atom. The van der Waals surface area contributed by atoms with Crippen molar-refractivity contribution in [2.24, 2.45) is 11.0 Å². The van der Waals surface area contributed by atoms with Gasteiger partial charge in [0.25, 0.3) is 0 Å². The summed E-state index contributed by atoms with van der Waals surface area (Å²) in [7, 11) is 0. The van der Waals surface area contributed by atoms with Gasteiger partial charge >= 0.3 is 0 Å². The minimum absolute atomic E-state index is 0.514. The number of hydrazone groups is 1. The van der Waals surface area contributed by atoms with Crippen LogP contribution >= 0.6 is 0 Å². The highest BCUT2D eigenvalue weighted by atomic mass is 15.4. The van der Waals surface area contributed by atoms with Crippen LogP contribution in [0.4, 0.5) is 0 Å². The molecular formula is C11H16N2. The quantitative estimate of drug-likeness (QED) is 0.631. The molecule has 1 rings (SSSR count). The maximum absolute atomic E-state index is 4.18. The Hall–Kier alpha value is -1.31. The fraction of sp³-hybridized carbons (Fsp3) is 0.364. The number of allylic oxidation sites excluding steroid dienone is 3. The van der Waals surface area contributed by atoms with Gasteiger partial charge in [0.15, 0.2) is 0 Å². The van der Waals surface area contributed by atoms with E-state index < -0.39 is 0 Å². The molecule has 1 aliphatic heterocycles. The van der Waals surface area contributed by atoms with Crippen LogP contribution in [-0.2, 0) is 0 Å². The van der Waals surface area contributed by atoms with Gasteiger partial charge in [-0.3, -0.25) is 0 Å². The highest BCUT2D eigenvalue weighted by Gasteiger charge is 2.15. The molecule has 0 saturated heterocycles. The maximum Gasteiger partial charge on any atom is 0.0637 e. The lowest BCUT2D eigenvalue weighted by Crippen LogP contribution is -2.17. The molecule has 13 heavy (non-hydrogen) atoms. The Bertz CT molecular complexity index is 282. The van der Waals surface area contributed by atoms with E-state index >= 15 is 0 Å². The summed E-state index contributed by atoms with van der Waals surface area (Å²) in [5.41, 5.74) is 2.44. The summed E-state index contributed by atoms with van der Waals surface area (Å²) in [5, 5.41) is 5.98. The second kappa shape index (κ2) is 4.08. The molecule has 1 heterocycles. The minimum atomic E-state index is 0.514. The van der Waals surface area contributed by atoms with Crippen LogP contribution in [0.3, 0.4) is 0 Å². The Morgan fingerprint density at radius 3 is 2.69 bits per heavy atom. The molecule has 0 atom stereocenters. The molecule has 70 valence electrons. The van der Waals surface area contributed by atoms with Crippen LogP contribution in [0.5, 0.6) is 0 Å². The van der Waals surface area contributed by atoms with E-state index in [2.05, 4.69) is 37.7 Å². The smallest absolute Gasteiger partial charge is 0.0637 e. The molecule has 0 N–H and O–H groups in total. The van der Waals surface area contributed by atoms with Gasteiger partial charge in [-0.25, -0.2) is 5.01 Å². The fourth-order valence-corrected chi connectivity index (χ4v) is 1.40. The average Bonchev–Trinajstić information content (AvgIpc) is 2.16. The molecule has 0 fully saturated rings. The van der Waals surface area contributed by atoms with Gasteiger partial charge in [0.2, 0.25) is 0 Å². The van der Waals surface area contributed by atoms with Crippen LogP contribution in [0.15, 0.2) is 41.3 Å². The van der Waals surface area contributed by atoms with E-state index in [0.717, 1.165) is 5.70 Å². The van der Waals surface area contributed by atoms with Crippen molar-refractivity contribution in [3.63, 3.8) is 0 Å². The second-order valence-corrected chi connectivity index (χ2v) is 3.24. The van der Waals surface area contributed by atoms with E-state index in [4.69, 9.17) is 0 Å². The first-order valence-electron chi connectivity index (χ1n) is 4.53. The van der Waals surface area contributed by atoms with Crippen LogP contribution < -0.4 is 0 Å². The van der Waals surface area contributed by atoms with Crippen LogP contribution in [0.2, 0.25) is 0 Å². The molecule has 0 unspecified atom stereocenters. The zero-order valence-corrected chi connectivity index (χ0v) is 8.49. The zero-order valence-electron chi connectivity index (χ0n) is 8.49. The predicted molar refractivity (Wildman–Crippen MR) is 57.2 cm³/mol. The largest absolute Gasteiger partial charge is 0.242 e. The molecule has 0 aliphatic carbocycles. The van der Waals surface area contributed by atoms with Gasteiger partial charge < -0.3 is 0 Å². The van der Waals surface area contributed by atoms with Crippen LogP contribution in [0, 0.1) is 5.92 Å². The average molecular weight is 176 g/mol. The summed E-state index contributed by atoms with van der Waals surface area (Å²) >= 11 is 0. The van der Waals surface area contributed by atoms with Crippen molar-refractivity contribution in [2.75, 3.05) is 0 Å². The van der Waals surface area contributed by atoms with Gasteiger partial charge in [0.1, 0.15) is 0 Å². The monoisotopic (exact) mass is 176 g/mol. The summed E-state index contributed by atoms with van der Waals surface area (Å²) in [6.07, 6.45) is 7.65. The molecule has 0 spiro atoms. The first kappa shape index (κ1) is 9.78. The topological polar surface area (TPSA) is 15.6 Å². The Balaban J connectivity index is 3.02. The zero-order chi connectivity index (χ0) is 9.84. The summed E-state index contributed by atoms with van der Waals surface area (Å²) in [5.74, 6) is 0.514. The number of hydrogen-bond acceptors (Lipinski definition) is 2. The molecule has 0 amide bonds. The molecule has 0 saturated carbocycles. The van der Waals surface area contributed by atoms with Crippen molar-refractivity contribution in [2.45, 2.75) is 20.8 Å². The van der Waals surface area contributed by atoms with Gasteiger partial charge in [0, 0.05) is 12.4 Å². The van der Waals surface area contributed by atoms with E-state index in [1.165, 1.54) is 5.57 Å². The molecule has 1 aliphatic rings. The van der Waals surface area contributed by atoms with Crippen molar-refractivity contribution >= 4 is 6.21 Å². The molecule has 0 aromatic rings. The number of rotatable bonds is 2. The van der Waals surface area contributed by atoms with Gasteiger partial charge in [-0.15, -0.1) is 0 Å². The normalized spacial score (nSPS) is 19.5. The molecule has 2 heteroatoms. The summed E-state index contributed by atoms with van der Waals surface area (Å²) in [4.78, 5) is 0. The fourth-order valence-electron chi connectivity index (χ4n) is 1.40. The van der Waals surface area contributed by atoms with Crippen LogP contribution in [0.1, 0.15) is 20.8 Å². The molecule has 2 nitrogen and oxygen atoms in total. The van der Waals surface area contributed by atoms with Crippen molar-refractivity contribution in [1.29, 1.82) is 0 Å². The van der Waals surface area contributed by atoms with E-state index in [9.17, 15) is 0 Å². The van der Waals surface area contributed by atoms with Crippen LogP contribution in [-0.4, -0.2) is 11.2 Å². The molecule has 0 radical (unpaired) electrons. The lowest BCUT2D eigenvalue weighted by Gasteiger charge is -2.25. The highest BCUT2D eigenvalue weighted by Crippen LogP contribution is 2.25. The minimum Gasteiger partial charge on any atom is -0.242 e. The third-order valence-electron chi connectivity index (χ3n) is 2.06. The van der Waals surface area contributed by atoms with Crippen molar-refractivity contribution in [3.05, 3.63) is 36.2 Å². The Labute approximate surface area is 79.9 Å². The SMILES string of the molecule is C=CN1N=CC=C(C(C)C)/C1=C/C. The number of nitrogens with zero attached hydrogens (tertiary/aromatic N) is 2. The van der Waals surface area contributed by atoms with Crippen molar-refractivity contribution in [1.82, 2.24) is 5.01 Å². The highest BCUT2D eigenvalue weighted by molar-refractivity contribution is 5.75. The second-order valence-electron chi connectivity index (χ2n) is 3.24. The van der Waals surface area contributed by atoms with Crippen LogP contribution in [0.25, 0.3) is 0 Å². The van der Waals surface area contributed by atoms with Crippen molar-refractivity contribution in [3.8, 4) is 0 Å². The van der Waals surface area contributed by atoms with E-state index in [-0.39, 0.29) is 0 Å². The number of hydrogen-bond donors (Lipinski definition) is 0. The molecule has 0 aromatic heterocycles. The molecule has 0 bridgehead atoms. The van der Waals surface area contributed by atoms with E-state index in [1.54, 1.807) is 11.2 Å². The molecule has 0 aromatic carbocycles. The van der Waals surface area contributed by atoms with E-state index in [0.29, 0.717) is 5.92 Å². The lowest BCUT2D eigenvalue weighted by atomic mass is 9.98. The van der Waals surface area contributed by atoms with Crippen molar-refractivity contribution < 1.29 is 0 Å². The van der Waals surface area contributed by atoms with Gasteiger partial charge in [0.05, 0.1) is 5.70 Å². The molecular weight excluding hydrogens is 160 g/mol. The third kappa shape index (κ3) is 1.89. The van der Waals surface area contributed by atoms with Gasteiger partial charge in [-0.2, -0.15) is 5.10 Å². The summed E-state index contributed by atoms with van der Waals surface area (Å²) in [6.45, 7) is 10.1.